The SMILES string of the molecule is Cc1ccc(C(=O)c2cnoc2C2CC2)c(Cn2cccn2)c1. The molecule has 0 bridgehead atoms. The van der Waals surface area contributed by atoms with Crippen molar-refractivity contribution in [3.8, 4) is 0 Å². The number of carbonyl (C=O) groups excluding carboxylic acids is 1. The Hall–Kier alpha value is -2.69. The van der Waals surface area contributed by atoms with Crippen LogP contribution in [0.4, 0.5) is 0 Å². The normalized spacial score (nSPS) is 14.1. The molecule has 0 aliphatic heterocycles. The predicted octanol–water partition coefficient (Wildman–Crippen LogP) is 3.34. The summed E-state index contributed by atoms with van der Waals surface area (Å²) in [5, 5.41) is 8.07. The Balaban J connectivity index is 1.72. The molecule has 1 fully saturated rings. The van der Waals surface area contributed by atoms with Crippen LogP contribution in [0.25, 0.3) is 0 Å². The Morgan fingerprint density at radius 1 is 1.35 bits per heavy atom. The maximum Gasteiger partial charge on any atom is 0.198 e. The maximum absolute atomic E-state index is 13.0. The fourth-order valence-electron chi connectivity index (χ4n) is 2.85. The molecular weight excluding hydrogens is 290 g/mol. The van der Waals surface area contributed by atoms with Crippen LogP contribution in [0, 0.1) is 6.92 Å². The Morgan fingerprint density at radius 2 is 2.22 bits per heavy atom. The van der Waals surface area contributed by atoms with Gasteiger partial charge in [-0.25, -0.2) is 0 Å². The van der Waals surface area contributed by atoms with E-state index in [0.717, 1.165) is 29.7 Å². The van der Waals surface area contributed by atoms with E-state index in [1.54, 1.807) is 12.4 Å². The van der Waals surface area contributed by atoms with Crippen LogP contribution in [-0.4, -0.2) is 20.7 Å². The highest BCUT2D eigenvalue weighted by Crippen LogP contribution is 2.42. The topological polar surface area (TPSA) is 60.9 Å². The van der Waals surface area contributed by atoms with Gasteiger partial charge in [-0.2, -0.15) is 5.10 Å². The zero-order chi connectivity index (χ0) is 15.8. The summed E-state index contributed by atoms with van der Waals surface area (Å²) < 4.78 is 7.13. The highest BCUT2D eigenvalue weighted by Gasteiger charge is 2.33. The van der Waals surface area contributed by atoms with Crippen LogP contribution in [0.2, 0.25) is 0 Å². The Bertz CT molecular complexity index is 845. The second-order valence-corrected chi connectivity index (χ2v) is 6.07. The summed E-state index contributed by atoms with van der Waals surface area (Å²) in [7, 11) is 0. The van der Waals surface area contributed by atoms with Crippen LogP contribution in [0.15, 0.2) is 47.4 Å². The summed E-state index contributed by atoms with van der Waals surface area (Å²) in [6.07, 6.45) is 7.33. The first kappa shape index (κ1) is 13.9. The minimum Gasteiger partial charge on any atom is -0.360 e. The van der Waals surface area contributed by atoms with Crippen LogP contribution in [0.3, 0.4) is 0 Å². The number of aromatic nitrogens is 3. The van der Waals surface area contributed by atoms with Crippen LogP contribution in [-0.2, 0) is 6.54 Å². The second kappa shape index (κ2) is 5.50. The van der Waals surface area contributed by atoms with Crippen molar-refractivity contribution in [2.45, 2.75) is 32.2 Å². The summed E-state index contributed by atoms with van der Waals surface area (Å²) in [4.78, 5) is 13.0. The van der Waals surface area contributed by atoms with Crippen LogP contribution in [0.1, 0.15) is 51.6 Å². The minimum atomic E-state index is -0.0182. The summed E-state index contributed by atoms with van der Waals surface area (Å²) in [6.45, 7) is 2.59. The molecule has 2 heterocycles. The molecule has 1 aliphatic carbocycles. The number of nitrogens with zero attached hydrogens (tertiary/aromatic N) is 3. The van der Waals surface area contributed by atoms with Gasteiger partial charge in [-0.3, -0.25) is 9.48 Å². The highest BCUT2D eigenvalue weighted by molar-refractivity contribution is 6.10. The zero-order valence-corrected chi connectivity index (χ0v) is 12.9. The van der Waals surface area contributed by atoms with Crippen LogP contribution >= 0.6 is 0 Å². The van der Waals surface area contributed by atoms with Gasteiger partial charge in [0.25, 0.3) is 0 Å². The van der Waals surface area contributed by atoms with Gasteiger partial charge in [0.15, 0.2) is 11.5 Å². The molecule has 3 aromatic rings. The van der Waals surface area contributed by atoms with Crippen LogP contribution in [0.5, 0.6) is 0 Å². The predicted molar refractivity (Wildman–Crippen MR) is 84.4 cm³/mol. The first-order valence-corrected chi connectivity index (χ1v) is 7.78. The average Bonchev–Trinajstić information content (AvgIpc) is 3.05. The molecule has 0 saturated heterocycles. The van der Waals surface area contributed by atoms with E-state index in [2.05, 4.69) is 10.3 Å². The molecule has 0 unspecified atom stereocenters. The van der Waals surface area contributed by atoms with Gasteiger partial charge < -0.3 is 4.52 Å². The third kappa shape index (κ3) is 2.70. The van der Waals surface area contributed by atoms with Gasteiger partial charge in [0.1, 0.15) is 0 Å². The molecule has 116 valence electrons. The van der Waals surface area contributed by atoms with Gasteiger partial charge in [0, 0.05) is 23.9 Å². The Kier molecular flexibility index (Phi) is 3.33. The molecule has 1 aliphatic rings. The number of ketones is 1. The number of benzene rings is 1. The third-order valence-electron chi connectivity index (χ3n) is 4.19. The molecule has 0 N–H and O–H groups in total. The molecule has 1 aromatic carbocycles. The fourth-order valence-corrected chi connectivity index (χ4v) is 2.85. The van der Waals surface area contributed by atoms with E-state index in [1.165, 1.54) is 0 Å². The van der Waals surface area contributed by atoms with E-state index in [9.17, 15) is 4.79 Å². The van der Waals surface area contributed by atoms with Gasteiger partial charge in [0.05, 0.1) is 18.3 Å². The Morgan fingerprint density at radius 3 is 2.96 bits per heavy atom. The lowest BCUT2D eigenvalue weighted by atomic mass is 9.96. The van der Waals surface area contributed by atoms with Gasteiger partial charge in [-0.05, 0) is 31.4 Å². The van der Waals surface area contributed by atoms with Crippen LogP contribution < -0.4 is 0 Å². The van der Waals surface area contributed by atoms with Crippen molar-refractivity contribution in [1.29, 1.82) is 0 Å². The summed E-state index contributed by atoms with van der Waals surface area (Å²) >= 11 is 0. The highest BCUT2D eigenvalue weighted by atomic mass is 16.5. The van der Waals surface area contributed by atoms with Crippen molar-refractivity contribution < 1.29 is 9.32 Å². The standard InChI is InChI=1S/C18H17N3O2/c1-12-3-6-15(14(9-12)11-21-8-2-7-19-21)17(22)16-10-20-23-18(16)13-4-5-13/h2-3,6-10,13H,4-5,11H2,1H3. The third-order valence-corrected chi connectivity index (χ3v) is 4.19. The van der Waals surface area contributed by atoms with Crippen molar-refractivity contribution in [1.82, 2.24) is 14.9 Å². The Labute approximate surface area is 133 Å². The number of carbonyl (C=O) groups is 1. The molecule has 1 saturated carbocycles. The van der Waals surface area contributed by atoms with Gasteiger partial charge in [-0.15, -0.1) is 0 Å². The largest absolute Gasteiger partial charge is 0.360 e. The molecule has 5 nitrogen and oxygen atoms in total. The maximum atomic E-state index is 13.0. The number of hydrogen-bond acceptors (Lipinski definition) is 4. The molecule has 23 heavy (non-hydrogen) atoms. The molecule has 0 spiro atoms. The molecule has 4 rings (SSSR count). The van der Waals surface area contributed by atoms with Crippen molar-refractivity contribution in [2.24, 2.45) is 0 Å². The number of hydrogen-bond donors (Lipinski definition) is 0. The molecule has 0 amide bonds. The second-order valence-electron chi connectivity index (χ2n) is 6.07. The molecule has 2 aromatic heterocycles. The molecule has 0 radical (unpaired) electrons. The summed E-state index contributed by atoms with van der Waals surface area (Å²) in [5.74, 6) is 1.08. The fraction of sp³-hybridized carbons (Fsp3) is 0.278. The zero-order valence-electron chi connectivity index (χ0n) is 12.9. The number of rotatable bonds is 5. The molecule has 0 atom stereocenters. The lowest BCUT2D eigenvalue weighted by molar-refractivity contribution is 0.103. The molecule has 5 heteroatoms. The lowest BCUT2D eigenvalue weighted by Crippen LogP contribution is -2.10. The summed E-state index contributed by atoms with van der Waals surface area (Å²) in [5.41, 5.74) is 3.37. The van der Waals surface area contributed by atoms with E-state index in [4.69, 9.17) is 4.52 Å². The monoisotopic (exact) mass is 307 g/mol. The van der Waals surface area contributed by atoms with Gasteiger partial charge in [-0.1, -0.05) is 28.9 Å². The van der Waals surface area contributed by atoms with Gasteiger partial charge in [0.2, 0.25) is 0 Å². The van der Waals surface area contributed by atoms with Crippen molar-refractivity contribution in [3.05, 3.63) is 70.9 Å². The van der Waals surface area contributed by atoms with E-state index in [0.29, 0.717) is 23.6 Å². The van der Waals surface area contributed by atoms with Crippen molar-refractivity contribution >= 4 is 5.78 Å². The smallest absolute Gasteiger partial charge is 0.198 e. The minimum absolute atomic E-state index is 0.0182. The first-order chi connectivity index (χ1) is 11.2. The van der Waals surface area contributed by atoms with E-state index in [-0.39, 0.29) is 5.78 Å². The van der Waals surface area contributed by atoms with Gasteiger partial charge >= 0.3 is 0 Å². The average molecular weight is 307 g/mol. The van der Waals surface area contributed by atoms with E-state index >= 15 is 0 Å². The number of aryl methyl sites for hydroxylation is 1. The van der Waals surface area contributed by atoms with Crippen molar-refractivity contribution in [3.63, 3.8) is 0 Å². The first-order valence-electron chi connectivity index (χ1n) is 7.78. The summed E-state index contributed by atoms with van der Waals surface area (Å²) in [6, 6.07) is 7.77. The molecular formula is C18H17N3O2. The lowest BCUT2D eigenvalue weighted by Gasteiger charge is -2.10. The van der Waals surface area contributed by atoms with Crippen molar-refractivity contribution in [2.75, 3.05) is 0 Å². The van der Waals surface area contributed by atoms with E-state index in [1.807, 2.05) is 42.1 Å². The quantitative estimate of drug-likeness (QED) is 0.678. The van der Waals surface area contributed by atoms with E-state index < -0.39 is 0 Å².